The zero-order valence-electron chi connectivity index (χ0n) is 9.42. The number of carbonyl (C=O) groups is 2. The molecule has 0 aliphatic heterocycles. The third-order valence-electron chi connectivity index (χ3n) is 2.33. The van der Waals surface area contributed by atoms with Crippen molar-refractivity contribution in [3.63, 3.8) is 0 Å². The predicted octanol–water partition coefficient (Wildman–Crippen LogP) is 0.0984. The number of fused-ring (bicyclic) bond motifs is 1. The Kier molecular flexibility index (Phi) is 3.47. The number of aromatic nitrogens is 2. The number of anilines is 1. The second-order valence-corrected chi connectivity index (χ2v) is 3.65. The molecule has 18 heavy (non-hydrogen) atoms. The van der Waals surface area contributed by atoms with Crippen molar-refractivity contribution in [3.05, 3.63) is 30.6 Å². The molecule has 1 amide bonds. The first-order chi connectivity index (χ1) is 8.66. The normalized spacial score (nSPS) is 10.2. The molecule has 6 heteroatoms. The van der Waals surface area contributed by atoms with Gasteiger partial charge < -0.3 is 15.2 Å². The minimum absolute atomic E-state index is 0.146. The summed E-state index contributed by atoms with van der Waals surface area (Å²) in [6.45, 7) is 0. The van der Waals surface area contributed by atoms with Crippen LogP contribution in [0.15, 0.2) is 30.6 Å². The molecule has 0 unspecified atom stereocenters. The van der Waals surface area contributed by atoms with Crippen LogP contribution < -0.4 is 10.4 Å². The van der Waals surface area contributed by atoms with Gasteiger partial charge in [-0.25, -0.2) is 4.98 Å². The van der Waals surface area contributed by atoms with Gasteiger partial charge in [0, 0.05) is 30.2 Å². The number of amides is 1. The predicted molar refractivity (Wildman–Crippen MR) is 62.4 cm³/mol. The van der Waals surface area contributed by atoms with E-state index >= 15 is 0 Å². The molecule has 0 aromatic carbocycles. The number of rotatable bonds is 4. The summed E-state index contributed by atoms with van der Waals surface area (Å²) in [7, 11) is 0. The number of carboxylic acids is 1. The molecule has 0 fully saturated rings. The molecule has 0 radical (unpaired) electrons. The van der Waals surface area contributed by atoms with Crippen LogP contribution in [0.3, 0.4) is 0 Å². The SMILES string of the molecule is O=C([O-])CCC(=O)Nc1nccc2cccnc12. The van der Waals surface area contributed by atoms with Gasteiger partial charge in [0.25, 0.3) is 0 Å². The summed E-state index contributed by atoms with van der Waals surface area (Å²) in [5, 5.41) is 13.6. The van der Waals surface area contributed by atoms with Crippen LogP contribution in [-0.2, 0) is 9.59 Å². The molecule has 92 valence electrons. The summed E-state index contributed by atoms with van der Waals surface area (Å²) in [6.07, 6.45) is 2.69. The van der Waals surface area contributed by atoms with Gasteiger partial charge in [-0.3, -0.25) is 9.78 Å². The van der Waals surface area contributed by atoms with Crippen LogP contribution in [0.5, 0.6) is 0 Å². The smallest absolute Gasteiger partial charge is 0.225 e. The van der Waals surface area contributed by atoms with Crippen LogP contribution in [0, 0.1) is 0 Å². The number of aliphatic carboxylic acids is 1. The van der Waals surface area contributed by atoms with E-state index in [1.54, 1.807) is 24.5 Å². The number of nitrogens with one attached hydrogen (secondary N) is 1. The van der Waals surface area contributed by atoms with Crippen molar-refractivity contribution in [2.45, 2.75) is 12.8 Å². The Balaban J connectivity index is 2.16. The van der Waals surface area contributed by atoms with Crippen molar-refractivity contribution >= 4 is 28.6 Å². The largest absolute Gasteiger partial charge is 0.550 e. The zero-order valence-corrected chi connectivity index (χ0v) is 9.42. The first-order valence-corrected chi connectivity index (χ1v) is 5.36. The van der Waals surface area contributed by atoms with E-state index in [2.05, 4.69) is 15.3 Å². The maximum atomic E-state index is 11.5. The van der Waals surface area contributed by atoms with Crippen LogP contribution in [0.2, 0.25) is 0 Å². The highest BCUT2D eigenvalue weighted by Crippen LogP contribution is 2.17. The third-order valence-corrected chi connectivity index (χ3v) is 2.33. The van der Waals surface area contributed by atoms with Gasteiger partial charge in [0.15, 0.2) is 5.82 Å². The van der Waals surface area contributed by atoms with Gasteiger partial charge in [0.05, 0.1) is 0 Å². The van der Waals surface area contributed by atoms with E-state index in [9.17, 15) is 14.7 Å². The lowest BCUT2D eigenvalue weighted by Gasteiger charge is -2.07. The summed E-state index contributed by atoms with van der Waals surface area (Å²) in [6, 6.07) is 5.41. The van der Waals surface area contributed by atoms with E-state index in [0.717, 1.165) is 5.39 Å². The molecule has 0 saturated carbocycles. The Morgan fingerprint density at radius 3 is 2.78 bits per heavy atom. The summed E-state index contributed by atoms with van der Waals surface area (Å²) in [5.41, 5.74) is 0.571. The Hall–Kier alpha value is -2.50. The lowest BCUT2D eigenvalue weighted by Crippen LogP contribution is -2.24. The van der Waals surface area contributed by atoms with Gasteiger partial charge in [0.2, 0.25) is 5.91 Å². The molecule has 2 aromatic rings. The fourth-order valence-corrected chi connectivity index (χ4v) is 1.50. The topological polar surface area (TPSA) is 95.0 Å². The molecular weight excluding hydrogens is 234 g/mol. The molecule has 0 saturated heterocycles. The monoisotopic (exact) mass is 244 g/mol. The highest BCUT2D eigenvalue weighted by atomic mass is 16.4. The minimum Gasteiger partial charge on any atom is -0.550 e. The van der Waals surface area contributed by atoms with E-state index < -0.39 is 11.9 Å². The maximum Gasteiger partial charge on any atom is 0.225 e. The molecule has 6 nitrogen and oxygen atoms in total. The van der Waals surface area contributed by atoms with E-state index in [1.807, 2.05) is 6.07 Å². The highest BCUT2D eigenvalue weighted by molar-refractivity contribution is 5.98. The zero-order chi connectivity index (χ0) is 13.0. The number of pyridine rings is 2. The number of hydrogen-bond acceptors (Lipinski definition) is 5. The fraction of sp³-hybridized carbons (Fsp3) is 0.167. The van der Waals surface area contributed by atoms with E-state index in [4.69, 9.17) is 0 Å². The number of carboxylic acid groups (broad SMARTS) is 1. The van der Waals surface area contributed by atoms with Crippen molar-refractivity contribution in [1.29, 1.82) is 0 Å². The van der Waals surface area contributed by atoms with Crippen LogP contribution in [0.1, 0.15) is 12.8 Å². The van der Waals surface area contributed by atoms with Crippen LogP contribution >= 0.6 is 0 Å². The lowest BCUT2D eigenvalue weighted by molar-refractivity contribution is -0.305. The summed E-state index contributed by atoms with van der Waals surface area (Å²) in [4.78, 5) is 29.9. The molecule has 2 heterocycles. The molecule has 2 rings (SSSR count). The first kappa shape index (κ1) is 12.0. The number of carbonyl (C=O) groups excluding carboxylic acids is 2. The van der Waals surface area contributed by atoms with Crippen molar-refractivity contribution in [2.24, 2.45) is 0 Å². The quantitative estimate of drug-likeness (QED) is 0.822. The third kappa shape index (κ3) is 2.79. The first-order valence-electron chi connectivity index (χ1n) is 5.36. The van der Waals surface area contributed by atoms with Crippen molar-refractivity contribution < 1.29 is 14.7 Å². The van der Waals surface area contributed by atoms with Crippen LogP contribution in [-0.4, -0.2) is 21.8 Å². The van der Waals surface area contributed by atoms with Gasteiger partial charge in [-0.1, -0.05) is 6.07 Å². The minimum atomic E-state index is -1.26. The van der Waals surface area contributed by atoms with Crippen molar-refractivity contribution in [1.82, 2.24) is 9.97 Å². The van der Waals surface area contributed by atoms with Gasteiger partial charge >= 0.3 is 0 Å². The number of hydrogen-bond donors (Lipinski definition) is 1. The van der Waals surface area contributed by atoms with Gasteiger partial charge in [-0.15, -0.1) is 0 Å². The summed E-state index contributed by atoms with van der Waals surface area (Å²) in [5.74, 6) is -1.35. The summed E-state index contributed by atoms with van der Waals surface area (Å²) >= 11 is 0. The standard InChI is InChI=1S/C12H11N3O3/c16-9(3-4-10(17)18)15-12-11-8(5-7-14-12)2-1-6-13-11/h1-2,5-7H,3-4H2,(H,17,18)(H,14,15,16)/p-1. The molecule has 0 bridgehead atoms. The van der Waals surface area contributed by atoms with Crippen molar-refractivity contribution in [3.8, 4) is 0 Å². The maximum absolute atomic E-state index is 11.5. The Labute approximate surface area is 103 Å². The van der Waals surface area contributed by atoms with Crippen molar-refractivity contribution in [2.75, 3.05) is 5.32 Å². The Morgan fingerprint density at radius 1 is 1.17 bits per heavy atom. The van der Waals surface area contributed by atoms with E-state index in [1.165, 1.54) is 0 Å². The van der Waals surface area contributed by atoms with Gasteiger partial charge in [-0.05, 0) is 18.6 Å². The lowest BCUT2D eigenvalue weighted by atomic mass is 10.2. The van der Waals surface area contributed by atoms with Gasteiger partial charge in [-0.2, -0.15) is 0 Å². The molecule has 0 atom stereocenters. The van der Waals surface area contributed by atoms with E-state index in [-0.39, 0.29) is 12.8 Å². The summed E-state index contributed by atoms with van der Waals surface area (Å²) < 4.78 is 0. The molecule has 1 N–H and O–H groups in total. The molecule has 2 aromatic heterocycles. The van der Waals surface area contributed by atoms with Crippen LogP contribution in [0.4, 0.5) is 5.82 Å². The fourth-order valence-electron chi connectivity index (χ4n) is 1.50. The second-order valence-electron chi connectivity index (χ2n) is 3.65. The molecule has 0 spiro atoms. The van der Waals surface area contributed by atoms with Crippen LogP contribution in [0.25, 0.3) is 10.9 Å². The second kappa shape index (κ2) is 5.22. The Bertz CT molecular complexity index is 593. The molecular formula is C12H10N3O3-. The molecule has 0 aliphatic rings. The van der Waals surface area contributed by atoms with E-state index in [0.29, 0.717) is 11.3 Å². The highest BCUT2D eigenvalue weighted by Gasteiger charge is 2.07. The average Bonchev–Trinajstić information content (AvgIpc) is 2.37. The average molecular weight is 244 g/mol. The molecule has 0 aliphatic carbocycles. The number of nitrogens with zero attached hydrogens (tertiary/aromatic N) is 2. The Morgan fingerprint density at radius 2 is 2.00 bits per heavy atom. The van der Waals surface area contributed by atoms with Gasteiger partial charge in [0.1, 0.15) is 5.52 Å².